The van der Waals surface area contributed by atoms with Crippen molar-refractivity contribution < 1.29 is 29.3 Å². The summed E-state index contributed by atoms with van der Waals surface area (Å²) in [6, 6.07) is -0.297. The molecule has 2 rings (SSSR count). The van der Waals surface area contributed by atoms with Crippen LogP contribution < -0.4 is 5.32 Å². The number of carboxylic acid groups (broad SMARTS) is 1. The van der Waals surface area contributed by atoms with Crippen molar-refractivity contribution >= 4 is 45.7 Å². The summed E-state index contributed by atoms with van der Waals surface area (Å²) in [5, 5.41) is 22.3. The number of β-lactam (4-membered cyclic amide) rings is 1. The van der Waals surface area contributed by atoms with E-state index < -0.39 is 29.7 Å². The summed E-state index contributed by atoms with van der Waals surface area (Å²) >= 11 is 4.56. The monoisotopic (exact) mass is 450 g/mol. The summed E-state index contributed by atoms with van der Waals surface area (Å²) < 4.78 is 5.22. The first-order valence-electron chi connectivity index (χ1n) is 8.22. The number of rotatable bonds is 8. The molecule has 8 nitrogen and oxygen atoms in total. The van der Waals surface area contributed by atoms with Gasteiger partial charge in [0.1, 0.15) is 11.3 Å². The summed E-state index contributed by atoms with van der Waals surface area (Å²) in [5.41, 5.74) is -0.630. The average Bonchev–Trinajstić information content (AvgIpc) is 2.85. The third-order valence-corrected chi connectivity index (χ3v) is 6.70. The third-order valence-electron chi connectivity index (χ3n) is 4.23. The van der Waals surface area contributed by atoms with Crippen molar-refractivity contribution in [2.45, 2.75) is 44.9 Å². The minimum Gasteiger partial charge on any atom is -0.477 e. The van der Waals surface area contributed by atoms with Gasteiger partial charge in [0, 0.05) is 29.0 Å². The molecule has 0 aromatic carbocycles. The fourth-order valence-corrected chi connectivity index (χ4v) is 4.18. The predicted molar refractivity (Wildman–Crippen MR) is 99.9 cm³/mol. The standard InChI is InChI=1S/C16H23BrN2O6S/c1-8(20)11-9-6-10(12(14(22)23)19(9)13(11)21)26-5-4-18-15(24)25-16(2,3)7-17/h8-9,11,20H,4-7H2,1-3H3,(H,18,24)(H,22,23)/t8-,9-,11-/m1/s1. The number of alkyl halides is 1. The number of aliphatic hydroxyl groups excluding tert-OH is 1. The molecule has 0 bridgehead atoms. The molecule has 0 spiro atoms. The maximum absolute atomic E-state index is 12.1. The highest BCUT2D eigenvalue weighted by atomic mass is 79.9. The van der Waals surface area contributed by atoms with Crippen LogP contribution in [0.3, 0.4) is 0 Å². The van der Waals surface area contributed by atoms with Gasteiger partial charge in [-0.2, -0.15) is 0 Å². The molecule has 0 radical (unpaired) electrons. The number of carboxylic acids is 1. The van der Waals surface area contributed by atoms with E-state index in [0.29, 0.717) is 29.0 Å². The molecule has 0 aliphatic carbocycles. The Morgan fingerprint density at radius 2 is 2.15 bits per heavy atom. The molecule has 2 amide bonds. The molecule has 1 fully saturated rings. The minimum absolute atomic E-state index is 0.00935. The maximum atomic E-state index is 12.1. The second kappa shape index (κ2) is 8.18. The van der Waals surface area contributed by atoms with Crippen molar-refractivity contribution in [1.29, 1.82) is 0 Å². The van der Waals surface area contributed by atoms with Gasteiger partial charge in [0.2, 0.25) is 5.91 Å². The number of aliphatic carboxylic acids is 1. The third kappa shape index (κ3) is 4.34. The molecule has 0 aromatic heterocycles. The lowest BCUT2D eigenvalue weighted by Gasteiger charge is -2.44. The Morgan fingerprint density at radius 1 is 1.50 bits per heavy atom. The van der Waals surface area contributed by atoms with E-state index in [9.17, 15) is 24.6 Å². The number of halogens is 1. The van der Waals surface area contributed by atoms with Gasteiger partial charge in [-0.1, -0.05) is 15.9 Å². The Labute approximate surface area is 164 Å². The fraction of sp³-hybridized carbons (Fsp3) is 0.688. The highest BCUT2D eigenvalue weighted by Gasteiger charge is 2.56. The SMILES string of the molecule is C[C@@H](O)[C@H]1C(=O)N2C(C(=O)O)=C(SCCNC(=O)OC(C)(C)CBr)C[C@H]12. The number of carbonyl (C=O) groups is 3. The van der Waals surface area contributed by atoms with Crippen molar-refractivity contribution in [2.24, 2.45) is 5.92 Å². The molecule has 3 atom stereocenters. The Morgan fingerprint density at radius 3 is 2.69 bits per heavy atom. The number of fused-ring (bicyclic) bond motifs is 1. The highest BCUT2D eigenvalue weighted by molar-refractivity contribution is 9.09. The van der Waals surface area contributed by atoms with E-state index in [1.807, 2.05) is 0 Å². The van der Waals surface area contributed by atoms with Crippen LogP contribution in [0.4, 0.5) is 4.79 Å². The first-order chi connectivity index (χ1) is 12.1. The van der Waals surface area contributed by atoms with Crippen LogP contribution >= 0.6 is 27.7 Å². The smallest absolute Gasteiger partial charge is 0.407 e. The van der Waals surface area contributed by atoms with Crippen molar-refractivity contribution in [3.63, 3.8) is 0 Å². The Bertz CT molecular complexity index is 636. The van der Waals surface area contributed by atoms with E-state index in [-0.39, 0.29) is 17.6 Å². The Kier molecular flexibility index (Phi) is 6.62. The number of nitrogens with zero attached hydrogens (tertiary/aromatic N) is 1. The van der Waals surface area contributed by atoms with Crippen LogP contribution in [-0.4, -0.2) is 68.5 Å². The second-order valence-electron chi connectivity index (χ2n) is 6.88. The van der Waals surface area contributed by atoms with Crippen LogP contribution in [0.5, 0.6) is 0 Å². The minimum atomic E-state index is -1.15. The number of aliphatic hydroxyl groups is 1. The van der Waals surface area contributed by atoms with Gasteiger partial charge in [0.15, 0.2) is 0 Å². The van der Waals surface area contributed by atoms with E-state index in [2.05, 4.69) is 21.2 Å². The molecule has 0 unspecified atom stereocenters. The number of carbonyl (C=O) groups excluding carboxylic acids is 2. The number of ether oxygens (including phenoxy) is 1. The normalized spacial score (nSPS) is 23.4. The molecule has 2 aliphatic rings. The molecule has 10 heteroatoms. The van der Waals surface area contributed by atoms with Gasteiger partial charge in [-0.3, -0.25) is 4.79 Å². The zero-order valence-electron chi connectivity index (χ0n) is 14.8. The Balaban J connectivity index is 1.88. The van der Waals surface area contributed by atoms with Gasteiger partial charge in [-0.25, -0.2) is 9.59 Å². The molecular weight excluding hydrogens is 428 g/mol. The molecular formula is C16H23BrN2O6S. The lowest BCUT2D eigenvalue weighted by atomic mass is 9.83. The molecule has 3 N–H and O–H groups in total. The average molecular weight is 451 g/mol. The number of thioether (sulfide) groups is 1. The van der Waals surface area contributed by atoms with E-state index in [0.717, 1.165) is 0 Å². The molecule has 0 saturated carbocycles. The second-order valence-corrected chi connectivity index (χ2v) is 8.63. The van der Waals surface area contributed by atoms with Gasteiger partial charge >= 0.3 is 12.1 Å². The summed E-state index contributed by atoms with van der Waals surface area (Å²) in [5.74, 6) is -1.61. The van der Waals surface area contributed by atoms with E-state index in [1.165, 1.54) is 23.6 Å². The molecule has 146 valence electrons. The molecule has 2 aliphatic heterocycles. The summed E-state index contributed by atoms with van der Waals surface area (Å²) in [6.45, 7) is 5.39. The van der Waals surface area contributed by atoms with Gasteiger partial charge in [0.25, 0.3) is 0 Å². The quantitative estimate of drug-likeness (QED) is 0.291. The summed E-state index contributed by atoms with van der Waals surface area (Å²) in [4.78, 5) is 37.2. The van der Waals surface area contributed by atoms with E-state index in [4.69, 9.17) is 4.74 Å². The summed E-state index contributed by atoms with van der Waals surface area (Å²) in [7, 11) is 0. The highest BCUT2D eigenvalue weighted by Crippen LogP contribution is 2.46. The van der Waals surface area contributed by atoms with Gasteiger partial charge < -0.3 is 25.2 Å². The fourth-order valence-electron chi connectivity index (χ4n) is 3.00. The number of amides is 2. The van der Waals surface area contributed by atoms with Gasteiger partial charge in [0.05, 0.1) is 18.1 Å². The lowest BCUT2D eigenvalue weighted by Crippen LogP contribution is -2.61. The number of alkyl carbamates (subject to hydrolysis) is 1. The van der Waals surface area contributed by atoms with Crippen LogP contribution in [0.25, 0.3) is 0 Å². The van der Waals surface area contributed by atoms with Crippen LogP contribution in [0.15, 0.2) is 10.6 Å². The summed E-state index contributed by atoms with van der Waals surface area (Å²) in [6.07, 6.45) is -0.936. The van der Waals surface area contributed by atoms with Crippen LogP contribution in [0, 0.1) is 5.92 Å². The number of nitrogens with one attached hydrogen (secondary N) is 1. The van der Waals surface area contributed by atoms with Crippen LogP contribution in [0.1, 0.15) is 27.2 Å². The zero-order chi connectivity index (χ0) is 19.6. The molecule has 0 aromatic rings. The van der Waals surface area contributed by atoms with Crippen molar-refractivity contribution in [3.8, 4) is 0 Å². The van der Waals surface area contributed by atoms with Crippen molar-refractivity contribution in [2.75, 3.05) is 17.6 Å². The maximum Gasteiger partial charge on any atom is 0.407 e. The Hall–Kier alpha value is -1.26. The topological polar surface area (TPSA) is 116 Å². The van der Waals surface area contributed by atoms with Crippen LogP contribution in [-0.2, 0) is 14.3 Å². The van der Waals surface area contributed by atoms with E-state index >= 15 is 0 Å². The molecule has 26 heavy (non-hydrogen) atoms. The van der Waals surface area contributed by atoms with Crippen molar-refractivity contribution in [3.05, 3.63) is 10.6 Å². The number of hydrogen-bond donors (Lipinski definition) is 3. The van der Waals surface area contributed by atoms with Gasteiger partial charge in [-0.05, 0) is 20.8 Å². The first kappa shape index (κ1) is 21.0. The van der Waals surface area contributed by atoms with Gasteiger partial charge in [-0.15, -0.1) is 11.8 Å². The molecule has 1 saturated heterocycles. The first-order valence-corrected chi connectivity index (χ1v) is 10.3. The lowest BCUT2D eigenvalue weighted by molar-refractivity contribution is -0.161. The zero-order valence-corrected chi connectivity index (χ0v) is 17.2. The largest absolute Gasteiger partial charge is 0.477 e. The van der Waals surface area contributed by atoms with Crippen molar-refractivity contribution in [1.82, 2.24) is 10.2 Å². The van der Waals surface area contributed by atoms with E-state index in [1.54, 1.807) is 13.8 Å². The van der Waals surface area contributed by atoms with Crippen LogP contribution in [0.2, 0.25) is 0 Å². The molecule has 2 heterocycles. The number of hydrogen-bond acceptors (Lipinski definition) is 6. The predicted octanol–water partition coefficient (Wildman–Crippen LogP) is 1.53.